The van der Waals surface area contributed by atoms with Crippen LogP contribution in [0.4, 0.5) is 0 Å². The van der Waals surface area contributed by atoms with Crippen molar-refractivity contribution in [3.8, 4) is 0 Å². The fraction of sp³-hybridized carbons (Fsp3) is 0.562. The maximum atomic E-state index is 11.3. The Morgan fingerprint density at radius 3 is 2.28 bits per heavy atom. The summed E-state index contributed by atoms with van der Waals surface area (Å²) >= 11 is 0. The maximum Gasteiger partial charge on any atom is 0.337 e. The summed E-state index contributed by atoms with van der Waals surface area (Å²) in [5, 5.41) is 0. The zero-order chi connectivity index (χ0) is 13.5. The number of carbonyl (C=O) groups is 1. The number of esters is 1. The third kappa shape index (κ3) is 4.52. The van der Waals surface area contributed by atoms with Crippen molar-refractivity contribution in [1.29, 1.82) is 0 Å². The number of benzene rings is 1. The lowest BCUT2D eigenvalue weighted by molar-refractivity contribution is 0.0600. The number of rotatable bonds is 6. The first kappa shape index (κ1) is 14.7. The zero-order valence-corrected chi connectivity index (χ0v) is 11.9. The van der Waals surface area contributed by atoms with Crippen LogP contribution in [0.1, 0.15) is 49.5 Å². The van der Waals surface area contributed by atoms with Crippen LogP contribution in [0, 0.1) is 11.8 Å². The van der Waals surface area contributed by atoms with Crippen LogP contribution in [0.15, 0.2) is 24.3 Å². The molecular weight excluding hydrogens is 224 g/mol. The van der Waals surface area contributed by atoms with Crippen LogP contribution in [-0.4, -0.2) is 13.1 Å². The van der Waals surface area contributed by atoms with Gasteiger partial charge in [0.05, 0.1) is 12.7 Å². The number of methoxy groups -OCH3 is 1. The van der Waals surface area contributed by atoms with E-state index in [0.717, 1.165) is 12.3 Å². The molecule has 0 saturated heterocycles. The Bertz CT molecular complexity index is 367. The maximum absolute atomic E-state index is 11.3. The summed E-state index contributed by atoms with van der Waals surface area (Å²) in [5.41, 5.74) is 1.91. The van der Waals surface area contributed by atoms with Gasteiger partial charge in [-0.2, -0.15) is 0 Å². The van der Waals surface area contributed by atoms with Gasteiger partial charge in [-0.3, -0.25) is 0 Å². The zero-order valence-electron chi connectivity index (χ0n) is 11.9. The van der Waals surface area contributed by atoms with E-state index < -0.39 is 0 Å². The molecule has 2 heteroatoms. The summed E-state index contributed by atoms with van der Waals surface area (Å²) in [6, 6.07) is 7.74. The van der Waals surface area contributed by atoms with Crippen molar-refractivity contribution in [3.05, 3.63) is 35.4 Å². The number of ether oxygens (including phenoxy) is 1. The van der Waals surface area contributed by atoms with E-state index in [1.807, 2.05) is 24.3 Å². The molecule has 0 bridgehead atoms. The van der Waals surface area contributed by atoms with Crippen LogP contribution < -0.4 is 0 Å². The predicted molar refractivity (Wildman–Crippen MR) is 74.7 cm³/mol. The largest absolute Gasteiger partial charge is 0.465 e. The normalized spacial score (nSPS) is 14.0. The van der Waals surface area contributed by atoms with Crippen LogP contribution in [0.3, 0.4) is 0 Å². The summed E-state index contributed by atoms with van der Waals surface area (Å²) in [6.07, 6.45) is 3.58. The van der Waals surface area contributed by atoms with Crippen LogP contribution in [0.2, 0.25) is 0 Å². The lowest BCUT2D eigenvalue weighted by Crippen LogP contribution is -2.06. The molecule has 0 heterocycles. The van der Waals surface area contributed by atoms with Gasteiger partial charge in [0.2, 0.25) is 0 Å². The Morgan fingerprint density at radius 1 is 1.17 bits per heavy atom. The van der Waals surface area contributed by atoms with E-state index in [-0.39, 0.29) is 5.97 Å². The van der Waals surface area contributed by atoms with Gasteiger partial charge in [-0.1, -0.05) is 39.3 Å². The van der Waals surface area contributed by atoms with E-state index in [9.17, 15) is 4.79 Å². The van der Waals surface area contributed by atoms with Crippen molar-refractivity contribution in [1.82, 2.24) is 0 Å². The molecule has 2 unspecified atom stereocenters. The number of hydrogen-bond acceptors (Lipinski definition) is 2. The lowest BCUT2D eigenvalue weighted by atomic mass is 9.90. The molecule has 0 spiro atoms. The van der Waals surface area contributed by atoms with E-state index in [1.54, 1.807) is 0 Å². The fourth-order valence-corrected chi connectivity index (χ4v) is 2.23. The van der Waals surface area contributed by atoms with Crippen molar-refractivity contribution in [3.63, 3.8) is 0 Å². The standard InChI is InChI=1S/C16H24O2/c1-5-12(2)10-13(3)11-14-6-8-15(9-7-14)16(17)18-4/h6-9,12-13H,5,10-11H2,1-4H3. The molecule has 0 aliphatic carbocycles. The Hall–Kier alpha value is -1.31. The van der Waals surface area contributed by atoms with Gasteiger partial charge in [0.15, 0.2) is 0 Å². The molecule has 100 valence electrons. The number of hydrogen-bond donors (Lipinski definition) is 0. The molecule has 1 aromatic carbocycles. The Kier molecular flexibility index (Phi) is 5.90. The lowest BCUT2D eigenvalue weighted by Gasteiger charge is -2.15. The van der Waals surface area contributed by atoms with Crippen LogP contribution in [-0.2, 0) is 11.2 Å². The molecule has 0 radical (unpaired) electrons. The van der Waals surface area contributed by atoms with Gasteiger partial charge in [0.1, 0.15) is 0 Å². The summed E-state index contributed by atoms with van der Waals surface area (Å²) in [5.74, 6) is 1.20. The summed E-state index contributed by atoms with van der Waals surface area (Å²) in [7, 11) is 1.41. The van der Waals surface area contributed by atoms with Gasteiger partial charge in [-0.15, -0.1) is 0 Å². The molecule has 0 saturated carbocycles. The second-order valence-electron chi connectivity index (χ2n) is 5.25. The fourth-order valence-electron chi connectivity index (χ4n) is 2.23. The van der Waals surface area contributed by atoms with E-state index in [0.29, 0.717) is 11.5 Å². The smallest absolute Gasteiger partial charge is 0.337 e. The summed E-state index contributed by atoms with van der Waals surface area (Å²) in [4.78, 5) is 11.3. The topological polar surface area (TPSA) is 26.3 Å². The van der Waals surface area contributed by atoms with Crippen LogP contribution >= 0.6 is 0 Å². The highest BCUT2D eigenvalue weighted by Crippen LogP contribution is 2.19. The molecule has 0 N–H and O–H groups in total. The van der Waals surface area contributed by atoms with E-state index >= 15 is 0 Å². The third-order valence-corrected chi connectivity index (χ3v) is 3.46. The van der Waals surface area contributed by atoms with E-state index in [4.69, 9.17) is 0 Å². The van der Waals surface area contributed by atoms with Crippen molar-refractivity contribution >= 4 is 5.97 Å². The molecule has 18 heavy (non-hydrogen) atoms. The Balaban J connectivity index is 2.55. The first-order chi connectivity index (χ1) is 8.56. The second-order valence-corrected chi connectivity index (χ2v) is 5.25. The summed E-state index contributed by atoms with van der Waals surface area (Å²) < 4.78 is 4.69. The predicted octanol–water partition coefficient (Wildman–Crippen LogP) is 4.09. The molecule has 2 nitrogen and oxygen atoms in total. The minimum Gasteiger partial charge on any atom is -0.465 e. The molecule has 0 aromatic heterocycles. The second kappa shape index (κ2) is 7.20. The SMILES string of the molecule is CCC(C)CC(C)Cc1ccc(C(=O)OC)cc1. The van der Waals surface area contributed by atoms with Gasteiger partial charge < -0.3 is 4.74 Å². The number of carbonyl (C=O) groups excluding carboxylic acids is 1. The Morgan fingerprint density at radius 2 is 1.78 bits per heavy atom. The van der Waals surface area contributed by atoms with Gasteiger partial charge in [0.25, 0.3) is 0 Å². The highest BCUT2D eigenvalue weighted by Gasteiger charge is 2.09. The third-order valence-electron chi connectivity index (χ3n) is 3.46. The Labute approximate surface area is 110 Å². The molecule has 0 amide bonds. The molecule has 1 rings (SSSR count). The highest BCUT2D eigenvalue weighted by atomic mass is 16.5. The molecule has 2 atom stereocenters. The molecular formula is C16H24O2. The van der Waals surface area contributed by atoms with Crippen molar-refractivity contribution < 1.29 is 9.53 Å². The van der Waals surface area contributed by atoms with Gasteiger partial charge in [-0.25, -0.2) is 4.79 Å². The quantitative estimate of drug-likeness (QED) is 0.709. The highest BCUT2D eigenvalue weighted by molar-refractivity contribution is 5.89. The van der Waals surface area contributed by atoms with Crippen molar-refractivity contribution in [2.75, 3.05) is 7.11 Å². The summed E-state index contributed by atoms with van der Waals surface area (Å²) in [6.45, 7) is 6.83. The first-order valence-corrected chi connectivity index (χ1v) is 6.74. The van der Waals surface area contributed by atoms with Gasteiger partial charge in [0, 0.05) is 0 Å². The van der Waals surface area contributed by atoms with Crippen LogP contribution in [0.25, 0.3) is 0 Å². The molecule has 1 aromatic rings. The van der Waals surface area contributed by atoms with E-state index in [2.05, 4.69) is 25.5 Å². The molecule has 0 aliphatic heterocycles. The van der Waals surface area contributed by atoms with Crippen molar-refractivity contribution in [2.45, 2.75) is 40.0 Å². The van der Waals surface area contributed by atoms with Gasteiger partial charge >= 0.3 is 5.97 Å². The van der Waals surface area contributed by atoms with Gasteiger partial charge in [-0.05, 0) is 42.4 Å². The molecule has 0 aliphatic rings. The monoisotopic (exact) mass is 248 g/mol. The van der Waals surface area contributed by atoms with Crippen LogP contribution in [0.5, 0.6) is 0 Å². The first-order valence-electron chi connectivity index (χ1n) is 6.74. The average Bonchev–Trinajstić information content (AvgIpc) is 2.38. The minimum atomic E-state index is -0.269. The van der Waals surface area contributed by atoms with E-state index in [1.165, 1.54) is 25.5 Å². The van der Waals surface area contributed by atoms with Crippen molar-refractivity contribution in [2.24, 2.45) is 11.8 Å². The average molecular weight is 248 g/mol. The molecule has 0 fully saturated rings. The minimum absolute atomic E-state index is 0.269.